The summed E-state index contributed by atoms with van der Waals surface area (Å²) in [6.07, 6.45) is -3.14. The van der Waals surface area contributed by atoms with E-state index in [4.69, 9.17) is 4.74 Å². The van der Waals surface area contributed by atoms with E-state index in [2.05, 4.69) is 4.74 Å². The first kappa shape index (κ1) is 9.77. The molecule has 0 aromatic heterocycles. The van der Waals surface area contributed by atoms with E-state index in [1.54, 1.807) is 12.1 Å². The molecule has 0 aliphatic carbocycles. The third-order valence-corrected chi connectivity index (χ3v) is 1.36. The molecule has 2 nitrogen and oxygen atoms in total. The summed E-state index contributed by atoms with van der Waals surface area (Å²) in [7, 11) is 1.50. The average Bonchev–Trinajstić information content (AvgIpc) is 2.03. The number of rotatable bonds is 3. The molecule has 13 heavy (non-hydrogen) atoms. The first-order valence-electron chi connectivity index (χ1n) is 3.72. The van der Waals surface area contributed by atoms with Crippen molar-refractivity contribution in [3.05, 3.63) is 24.3 Å². The zero-order chi connectivity index (χ0) is 9.90. The molecule has 0 aliphatic rings. The molecule has 1 aromatic carbocycles. The van der Waals surface area contributed by atoms with Gasteiger partial charge in [0.25, 0.3) is 0 Å². The summed E-state index contributed by atoms with van der Waals surface area (Å²) in [5.41, 5.74) is 0. The standard InChI is InChI=1S/C9H10F2O2/c1-9(10,11)13-8-5-3-7(12-2)4-6-8/h3-6H,1-2H3. The lowest BCUT2D eigenvalue weighted by Gasteiger charge is -2.12. The third-order valence-electron chi connectivity index (χ3n) is 1.36. The van der Waals surface area contributed by atoms with Crippen LogP contribution in [-0.2, 0) is 0 Å². The second-order valence-electron chi connectivity index (χ2n) is 2.59. The number of ether oxygens (including phenoxy) is 2. The van der Waals surface area contributed by atoms with Gasteiger partial charge in [-0.15, -0.1) is 0 Å². The van der Waals surface area contributed by atoms with Gasteiger partial charge in [-0.25, -0.2) is 0 Å². The first-order chi connectivity index (χ1) is 6.01. The van der Waals surface area contributed by atoms with Crippen molar-refractivity contribution in [3.63, 3.8) is 0 Å². The van der Waals surface area contributed by atoms with E-state index >= 15 is 0 Å². The lowest BCUT2D eigenvalue weighted by atomic mass is 10.3. The lowest BCUT2D eigenvalue weighted by Crippen LogP contribution is -2.18. The van der Waals surface area contributed by atoms with E-state index in [0.717, 1.165) is 0 Å². The SMILES string of the molecule is COc1ccc(OC(C)(F)F)cc1. The Morgan fingerprint density at radius 3 is 1.92 bits per heavy atom. The van der Waals surface area contributed by atoms with E-state index in [1.165, 1.54) is 19.2 Å². The van der Waals surface area contributed by atoms with Crippen molar-refractivity contribution in [1.82, 2.24) is 0 Å². The molecule has 1 rings (SSSR count). The molecule has 1 aromatic rings. The van der Waals surface area contributed by atoms with Crippen LogP contribution in [0.2, 0.25) is 0 Å². The normalized spacial score (nSPS) is 11.1. The summed E-state index contributed by atoms with van der Waals surface area (Å²) >= 11 is 0. The van der Waals surface area contributed by atoms with Gasteiger partial charge in [0.1, 0.15) is 11.5 Å². The van der Waals surface area contributed by atoms with Crippen molar-refractivity contribution >= 4 is 0 Å². The highest BCUT2D eigenvalue weighted by atomic mass is 19.3. The predicted octanol–water partition coefficient (Wildman–Crippen LogP) is 2.69. The smallest absolute Gasteiger partial charge is 0.394 e. The molecule has 0 aliphatic heterocycles. The summed E-state index contributed by atoms with van der Waals surface area (Å²) in [5, 5.41) is 0. The fraction of sp³-hybridized carbons (Fsp3) is 0.333. The van der Waals surface area contributed by atoms with E-state index in [1.807, 2.05) is 0 Å². The maximum absolute atomic E-state index is 12.3. The topological polar surface area (TPSA) is 18.5 Å². The van der Waals surface area contributed by atoms with Crippen molar-refractivity contribution in [3.8, 4) is 11.5 Å². The number of hydrogen-bond donors (Lipinski definition) is 0. The van der Waals surface area contributed by atoms with Crippen LogP contribution in [0.1, 0.15) is 6.92 Å². The van der Waals surface area contributed by atoms with Gasteiger partial charge < -0.3 is 9.47 Å². The van der Waals surface area contributed by atoms with Gasteiger partial charge in [0.05, 0.1) is 7.11 Å². The average molecular weight is 188 g/mol. The van der Waals surface area contributed by atoms with Gasteiger partial charge in [-0.05, 0) is 24.3 Å². The number of hydrogen-bond acceptors (Lipinski definition) is 2. The minimum Gasteiger partial charge on any atom is -0.497 e. The summed E-state index contributed by atoms with van der Waals surface area (Å²) in [4.78, 5) is 0. The second-order valence-corrected chi connectivity index (χ2v) is 2.59. The van der Waals surface area contributed by atoms with Gasteiger partial charge >= 0.3 is 6.11 Å². The lowest BCUT2D eigenvalue weighted by molar-refractivity contribution is -0.158. The van der Waals surface area contributed by atoms with Crippen molar-refractivity contribution in [2.24, 2.45) is 0 Å². The molecule has 0 saturated heterocycles. The molecule has 0 atom stereocenters. The largest absolute Gasteiger partial charge is 0.497 e. The summed E-state index contributed by atoms with van der Waals surface area (Å²) in [6.45, 7) is 0.692. The van der Waals surface area contributed by atoms with Crippen LogP contribution >= 0.6 is 0 Å². The van der Waals surface area contributed by atoms with Crippen LogP contribution in [0.3, 0.4) is 0 Å². The quantitative estimate of drug-likeness (QED) is 0.726. The number of alkyl halides is 2. The molecule has 0 radical (unpaired) electrons. The Hall–Kier alpha value is -1.32. The number of benzene rings is 1. The van der Waals surface area contributed by atoms with Crippen molar-refractivity contribution in [2.75, 3.05) is 7.11 Å². The van der Waals surface area contributed by atoms with E-state index in [0.29, 0.717) is 12.7 Å². The fourth-order valence-corrected chi connectivity index (χ4v) is 0.851. The number of halogens is 2. The molecule has 4 heteroatoms. The van der Waals surface area contributed by atoms with Gasteiger partial charge in [-0.2, -0.15) is 8.78 Å². The Labute approximate surface area is 75.1 Å². The minimum absolute atomic E-state index is 0.119. The van der Waals surface area contributed by atoms with Crippen molar-refractivity contribution in [1.29, 1.82) is 0 Å². The molecule has 0 amide bonds. The summed E-state index contributed by atoms with van der Waals surface area (Å²) < 4.78 is 33.8. The fourth-order valence-electron chi connectivity index (χ4n) is 0.851. The molecular formula is C9H10F2O2. The van der Waals surface area contributed by atoms with Crippen LogP contribution in [0.15, 0.2) is 24.3 Å². The van der Waals surface area contributed by atoms with Crippen LogP contribution in [-0.4, -0.2) is 13.2 Å². The predicted molar refractivity (Wildman–Crippen MR) is 44.2 cm³/mol. The summed E-state index contributed by atoms with van der Waals surface area (Å²) in [5.74, 6) is 0.722. The van der Waals surface area contributed by atoms with Crippen LogP contribution in [0, 0.1) is 0 Å². The van der Waals surface area contributed by atoms with E-state index in [9.17, 15) is 8.78 Å². The molecule has 0 saturated carbocycles. The summed E-state index contributed by atoms with van der Waals surface area (Å²) in [6, 6.07) is 5.97. The first-order valence-corrected chi connectivity index (χ1v) is 3.72. The van der Waals surface area contributed by atoms with Gasteiger partial charge in [-0.1, -0.05) is 0 Å². The maximum Gasteiger partial charge on any atom is 0.394 e. The van der Waals surface area contributed by atoms with Crippen LogP contribution < -0.4 is 9.47 Å². The highest BCUT2D eigenvalue weighted by molar-refractivity contribution is 5.31. The Morgan fingerprint density at radius 2 is 1.54 bits per heavy atom. The van der Waals surface area contributed by atoms with Gasteiger partial charge in [-0.3, -0.25) is 0 Å². The molecule has 0 bridgehead atoms. The van der Waals surface area contributed by atoms with Crippen molar-refractivity contribution in [2.45, 2.75) is 13.0 Å². The Kier molecular flexibility index (Phi) is 2.70. The highest BCUT2D eigenvalue weighted by Gasteiger charge is 2.22. The zero-order valence-electron chi connectivity index (χ0n) is 7.38. The maximum atomic E-state index is 12.3. The van der Waals surface area contributed by atoms with Crippen molar-refractivity contribution < 1.29 is 18.3 Å². The molecule has 0 unspecified atom stereocenters. The van der Waals surface area contributed by atoms with Gasteiger partial charge in [0.2, 0.25) is 0 Å². The van der Waals surface area contributed by atoms with Gasteiger partial charge in [0.15, 0.2) is 0 Å². The van der Waals surface area contributed by atoms with Crippen LogP contribution in [0.4, 0.5) is 8.78 Å². The Balaban J connectivity index is 2.70. The molecule has 0 fully saturated rings. The molecule has 0 spiro atoms. The van der Waals surface area contributed by atoms with Gasteiger partial charge in [0, 0.05) is 6.92 Å². The number of methoxy groups -OCH3 is 1. The van der Waals surface area contributed by atoms with E-state index in [-0.39, 0.29) is 5.75 Å². The minimum atomic E-state index is -3.14. The molecule has 0 heterocycles. The molecular weight excluding hydrogens is 178 g/mol. The third kappa shape index (κ3) is 3.27. The van der Waals surface area contributed by atoms with Crippen LogP contribution in [0.25, 0.3) is 0 Å². The van der Waals surface area contributed by atoms with E-state index < -0.39 is 6.11 Å². The molecule has 72 valence electrons. The Morgan fingerprint density at radius 1 is 1.08 bits per heavy atom. The monoisotopic (exact) mass is 188 g/mol. The Bertz CT molecular complexity index is 264. The zero-order valence-corrected chi connectivity index (χ0v) is 7.38. The molecule has 0 N–H and O–H groups in total. The van der Waals surface area contributed by atoms with Crippen LogP contribution in [0.5, 0.6) is 11.5 Å². The second kappa shape index (κ2) is 3.60. The highest BCUT2D eigenvalue weighted by Crippen LogP contribution is 2.23.